The minimum atomic E-state index is -0.579. The zero-order valence-corrected chi connectivity index (χ0v) is 14.7. The fourth-order valence-corrected chi connectivity index (χ4v) is 2.52. The number of carbonyl (C=O) groups excluding carboxylic acids is 2. The average molecular weight is 372 g/mol. The molecule has 0 bridgehead atoms. The molecule has 1 heterocycles. The number of methoxy groups -OCH3 is 1. The first-order valence-electron chi connectivity index (χ1n) is 7.61. The van der Waals surface area contributed by atoms with Crippen LogP contribution in [0.2, 0.25) is 5.02 Å². The summed E-state index contributed by atoms with van der Waals surface area (Å²) in [6.07, 6.45) is 1.53. The van der Waals surface area contributed by atoms with Gasteiger partial charge in [-0.25, -0.2) is 9.79 Å². The molecular formula is C19H14ClNO5. The highest BCUT2D eigenvalue weighted by molar-refractivity contribution is 6.31. The predicted molar refractivity (Wildman–Crippen MR) is 96.4 cm³/mol. The van der Waals surface area contributed by atoms with E-state index in [1.165, 1.54) is 20.1 Å². The molecule has 1 aliphatic heterocycles. The first-order valence-corrected chi connectivity index (χ1v) is 7.99. The number of esters is 2. The molecule has 0 aromatic heterocycles. The van der Waals surface area contributed by atoms with Crippen molar-refractivity contribution in [2.24, 2.45) is 4.99 Å². The van der Waals surface area contributed by atoms with Crippen molar-refractivity contribution in [3.05, 3.63) is 64.3 Å². The van der Waals surface area contributed by atoms with Gasteiger partial charge in [-0.1, -0.05) is 23.7 Å². The van der Waals surface area contributed by atoms with E-state index in [1.54, 1.807) is 42.5 Å². The second-order valence-corrected chi connectivity index (χ2v) is 5.79. The third-order valence-corrected chi connectivity index (χ3v) is 3.67. The topological polar surface area (TPSA) is 74.2 Å². The lowest BCUT2D eigenvalue weighted by Gasteiger charge is -2.08. The molecule has 2 aromatic carbocycles. The van der Waals surface area contributed by atoms with Gasteiger partial charge in [0.25, 0.3) is 0 Å². The Hall–Kier alpha value is -3.12. The summed E-state index contributed by atoms with van der Waals surface area (Å²) in [5.74, 6) is -0.226. The molecule has 0 radical (unpaired) electrons. The summed E-state index contributed by atoms with van der Waals surface area (Å²) in [6, 6.07) is 11.8. The van der Waals surface area contributed by atoms with Gasteiger partial charge in [0.2, 0.25) is 5.90 Å². The maximum absolute atomic E-state index is 12.1. The van der Waals surface area contributed by atoms with E-state index in [0.29, 0.717) is 21.9 Å². The minimum absolute atomic E-state index is 0.124. The fourth-order valence-electron chi connectivity index (χ4n) is 2.33. The number of hydrogen-bond acceptors (Lipinski definition) is 6. The van der Waals surface area contributed by atoms with Gasteiger partial charge in [0, 0.05) is 17.5 Å². The van der Waals surface area contributed by atoms with Gasteiger partial charge in [0.05, 0.1) is 7.11 Å². The van der Waals surface area contributed by atoms with Crippen LogP contribution < -0.4 is 9.47 Å². The van der Waals surface area contributed by atoms with Crippen LogP contribution in [0.3, 0.4) is 0 Å². The van der Waals surface area contributed by atoms with E-state index in [9.17, 15) is 9.59 Å². The number of nitrogens with zero attached hydrogens (tertiary/aromatic N) is 1. The van der Waals surface area contributed by atoms with E-state index in [0.717, 1.165) is 0 Å². The van der Waals surface area contributed by atoms with Gasteiger partial charge < -0.3 is 14.2 Å². The zero-order valence-electron chi connectivity index (χ0n) is 14.0. The van der Waals surface area contributed by atoms with Crippen molar-refractivity contribution < 1.29 is 23.8 Å². The smallest absolute Gasteiger partial charge is 0.363 e. The zero-order chi connectivity index (χ0) is 18.7. The molecule has 0 amide bonds. The highest BCUT2D eigenvalue weighted by atomic mass is 35.5. The largest absolute Gasteiger partial charge is 0.493 e. The van der Waals surface area contributed by atoms with Crippen LogP contribution in [0.15, 0.2) is 53.2 Å². The lowest BCUT2D eigenvalue weighted by molar-refractivity contribution is -0.132. The SMILES string of the molecule is COc1ccc(/C=C2/N=C(c3cccc(Cl)c3)OC2=O)cc1OC(C)=O. The molecule has 0 saturated carbocycles. The van der Waals surface area contributed by atoms with Gasteiger partial charge in [0.15, 0.2) is 17.2 Å². The van der Waals surface area contributed by atoms with Gasteiger partial charge in [0.1, 0.15) is 0 Å². The van der Waals surface area contributed by atoms with Crippen molar-refractivity contribution in [2.75, 3.05) is 7.11 Å². The Labute approximate surface area is 154 Å². The molecule has 3 rings (SSSR count). The van der Waals surface area contributed by atoms with E-state index < -0.39 is 11.9 Å². The van der Waals surface area contributed by atoms with Gasteiger partial charge >= 0.3 is 11.9 Å². The minimum Gasteiger partial charge on any atom is -0.493 e. The van der Waals surface area contributed by atoms with Crippen molar-refractivity contribution in [1.82, 2.24) is 0 Å². The number of halogens is 1. The quantitative estimate of drug-likeness (QED) is 0.466. The average Bonchev–Trinajstić information content (AvgIpc) is 2.95. The number of rotatable bonds is 4. The van der Waals surface area contributed by atoms with Crippen LogP contribution in [0.1, 0.15) is 18.1 Å². The number of benzene rings is 2. The first-order chi connectivity index (χ1) is 12.5. The molecule has 0 fully saturated rings. The first kappa shape index (κ1) is 17.7. The van der Waals surface area contributed by atoms with Gasteiger partial charge in [-0.05, 0) is 42.0 Å². The molecule has 1 aliphatic rings. The second-order valence-electron chi connectivity index (χ2n) is 5.35. The van der Waals surface area contributed by atoms with E-state index in [-0.39, 0.29) is 17.3 Å². The van der Waals surface area contributed by atoms with E-state index in [4.69, 9.17) is 25.8 Å². The number of ether oxygens (including phenoxy) is 3. The number of cyclic esters (lactones) is 1. The molecule has 0 unspecified atom stereocenters. The summed E-state index contributed by atoms with van der Waals surface area (Å²) >= 11 is 5.95. The monoisotopic (exact) mass is 371 g/mol. The molecule has 0 N–H and O–H groups in total. The molecule has 0 spiro atoms. The molecule has 7 heteroatoms. The molecule has 2 aromatic rings. The van der Waals surface area contributed by atoms with Gasteiger partial charge in [-0.3, -0.25) is 4.79 Å². The highest BCUT2D eigenvalue weighted by Crippen LogP contribution is 2.30. The van der Waals surface area contributed by atoms with Crippen LogP contribution in [0.5, 0.6) is 11.5 Å². The summed E-state index contributed by atoms with van der Waals surface area (Å²) in [7, 11) is 1.47. The van der Waals surface area contributed by atoms with Crippen molar-refractivity contribution in [3.8, 4) is 11.5 Å². The summed E-state index contributed by atoms with van der Waals surface area (Å²) in [5.41, 5.74) is 1.33. The molecule has 26 heavy (non-hydrogen) atoms. The van der Waals surface area contributed by atoms with Crippen LogP contribution >= 0.6 is 11.6 Å². The van der Waals surface area contributed by atoms with Crippen molar-refractivity contribution in [3.63, 3.8) is 0 Å². The molecule has 6 nitrogen and oxygen atoms in total. The van der Waals surface area contributed by atoms with Crippen LogP contribution in [-0.4, -0.2) is 24.9 Å². The third kappa shape index (κ3) is 3.92. The van der Waals surface area contributed by atoms with Crippen LogP contribution in [-0.2, 0) is 14.3 Å². The normalized spacial score (nSPS) is 14.8. The lowest BCUT2D eigenvalue weighted by Crippen LogP contribution is -2.05. The molecular weight excluding hydrogens is 358 g/mol. The number of carbonyl (C=O) groups is 2. The molecule has 0 aliphatic carbocycles. The Bertz CT molecular complexity index is 949. The van der Waals surface area contributed by atoms with Gasteiger partial charge in [-0.15, -0.1) is 0 Å². The summed E-state index contributed by atoms with van der Waals surface area (Å²) in [5, 5.41) is 0.514. The van der Waals surface area contributed by atoms with Crippen LogP contribution in [0.25, 0.3) is 6.08 Å². The Morgan fingerprint density at radius 1 is 1.19 bits per heavy atom. The van der Waals surface area contributed by atoms with E-state index in [1.807, 2.05) is 0 Å². The van der Waals surface area contributed by atoms with Crippen molar-refractivity contribution >= 4 is 35.5 Å². The van der Waals surface area contributed by atoms with Crippen LogP contribution in [0, 0.1) is 0 Å². The Morgan fingerprint density at radius 2 is 2.00 bits per heavy atom. The highest BCUT2D eigenvalue weighted by Gasteiger charge is 2.24. The second kappa shape index (κ2) is 7.41. The van der Waals surface area contributed by atoms with Crippen molar-refractivity contribution in [2.45, 2.75) is 6.92 Å². The maximum Gasteiger partial charge on any atom is 0.363 e. The number of aliphatic imine (C=N–C) groups is 1. The summed E-state index contributed by atoms with van der Waals surface area (Å²) in [6.45, 7) is 1.29. The summed E-state index contributed by atoms with van der Waals surface area (Å²) in [4.78, 5) is 27.5. The molecule has 0 atom stereocenters. The Morgan fingerprint density at radius 3 is 2.69 bits per heavy atom. The fraction of sp³-hybridized carbons (Fsp3) is 0.105. The molecule has 132 valence electrons. The summed E-state index contributed by atoms with van der Waals surface area (Å²) < 4.78 is 15.5. The number of hydrogen-bond donors (Lipinski definition) is 0. The predicted octanol–water partition coefficient (Wildman–Crippen LogP) is 3.62. The molecule has 0 saturated heterocycles. The Kier molecular flexibility index (Phi) is 5.04. The Balaban J connectivity index is 1.94. The van der Waals surface area contributed by atoms with E-state index >= 15 is 0 Å². The lowest BCUT2D eigenvalue weighted by atomic mass is 10.1. The van der Waals surface area contributed by atoms with E-state index in [2.05, 4.69) is 4.99 Å². The maximum atomic E-state index is 12.1. The standard InChI is InChI=1S/C19H14ClNO5/c1-11(22)25-17-9-12(6-7-16(17)24-2)8-15-19(23)26-18(21-15)13-4-3-5-14(20)10-13/h3-10H,1-2H3/b15-8+. The van der Waals surface area contributed by atoms with Gasteiger partial charge in [-0.2, -0.15) is 0 Å². The van der Waals surface area contributed by atoms with Crippen LogP contribution in [0.4, 0.5) is 0 Å². The van der Waals surface area contributed by atoms with Crippen molar-refractivity contribution in [1.29, 1.82) is 0 Å². The third-order valence-electron chi connectivity index (χ3n) is 3.44.